The Kier molecular flexibility index (Phi) is 6.52. The topological polar surface area (TPSA) is 56.5 Å². The fraction of sp³-hybridized carbons (Fsp3) is 0.250. The van der Waals surface area contributed by atoms with Crippen LogP contribution in [-0.4, -0.2) is 25.2 Å². The summed E-state index contributed by atoms with van der Waals surface area (Å²) < 4.78 is 16.6. The van der Waals surface area contributed by atoms with Gasteiger partial charge in [0.05, 0.1) is 25.3 Å². The van der Waals surface area contributed by atoms with Crippen LogP contribution in [0.15, 0.2) is 59.1 Å². The lowest BCUT2D eigenvalue weighted by Crippen LogP contribution is -2.16. The summed E-state index contributed by atoms with van der Waals surface area (Å²) in [5.74, 6) is 2.96. The van der Waals surface area contributed by atoms with Crippen molar-refractivity contribution in [1.82, 2.24) is 10.3 Å². The van der Waals surface area contributed by atoms with Gasteiger partial charge in [-0.25, -0.2) is 4.98 Å². The maximum absolute atomic E-state index is 6.17. The number of methoxy groups -OCH3 is 1. The van der Waals surface area contributed by atoms with Gasteiger partial charge in [-0.2, -0.15) is 0 Å². The summed E-state index contributed by atoms with van der Waals surface area (Å²) in [5.41, 5.74) is 0.922. The molecule has 0 saturated heterocycles. The van der Waals surface area contributed by atoms with E-state index in [1.807, 2.05) is 48.5 Å². The van der Waals surface area contributed by atoms with Crippen LogP contribution in [0.2, 0.25) is 5.02 Å². The molecule has 0 unspecified atom stereocenters. The molecule has 2 aromatic heterocycles. The van der Waals surface area contributed by atoms with Crippen molar-refractivity contribution in [3.63, 3.8) is 0 Å². The number of benzene rings is 1. The average molecular weight is 373 g/mol. The average Bonchev–Trinajstić information content (AvgIpc) is 3.14. The second kappa shape index (κ2) is 9.27. The highest BCUT2D eigenvalue weighted by Crippen LogP contribution is 2.31. The minimum absolute atomic E-state index is 0.564. The second-order valence-electron chi connectivity index (χ2n) is 5.66. The first kappa shape index (κ1) is 18.3. The summed E-state index contributed by atoms with van der Waals surface area (Å²) in [6, 6.07) is 15.1. The van der Waals surface area contributed by atoms with Crippen molar-refractivity contribution in [2.24, 2.45) is 0 Å². The molecule has 1 N–H and O–H groups in total. The van der Waals surface area contributed by atoms with E-state index in [4.69, 9.17) is 25.5 Å². The summed E-state index contributed by atoms with van der Waals surface area (Å²) in [7, 11) is 1.60. The Morgan fingerprint density at radius 2 is 2.08 bits per heavy atom. The summed E-state index contributed by atoms with van der Waals surface area (Å²) in [6.45, 7) is 2.11. The third-order valence-electron chi connectivity index (χ3n) is 3.78. The SMILES string of the molecule is COc1ccc(-c2ccc(CNCCCOc3ccccn3)o2)cc1Cl. The van der Waals surface area contributed by atoms with Gasteiger partial charge in [0.1, 0.15) is 17.3 Å². The number of hydrogen-bond acceptors (Lipinski definition) is 5. The zero-order valence-corrected chi connectivity index (χ0v) is 15.3. The maximum atomic E-state index is 6.17. The second-order valence-corrected chi connectivity index (χ2v) is 6.07. The Labute approximate surface area is 157 Å². The van der Waals surface area contributed by atoms with E-state index < -0.39 is 0 Å². The van der Waals surface area contributed by atoms with E-state index in [-0.39, 0.29) is 0 Å². The highest BCUT2D eigenvalue weighted by atomic mass is 35.5. The molecule has 0 saturated carbocycles. The van der Waals surface area contributed by atoms with Crippen LogP contribution in [0, 0.1) is 0 Å². The first-order valence-electron chi connectivity index (χ1n) is 8.43. The van der Waals surface area contributed by atoms with Gasteiger partial charge < -0.3 is 19.2 Å². The number of nitrogens with zero attached hydrogens (tertiary/aromatic N) is 1. The molecule has 0 aliphatic carbocycles. The summed E-state index contributed by atoms with van der Waals surface area (Å²) in [6.07, 6.45) is 2.61. The van der Waals surface area contributed by atoms with Crippen molar-refractivity contribution in [2.45, 2.75) is 13.0 Å². The lowest BCUT2D eigenvalue weighted by Gasteiger charge is -2.06. The van der Waals surface area contributed by atoms with Crippen LogP contribution in [0.3, 0.4) is 0 Å². The summed E-state index contributed by atoms with van der Waals surface area (Å²) in [4.78, 5) is 4.12. The molecule has 1 aromatic carbocycles. The summed E-state index contributed by atoms with van der Waals surface area (Å²) >= 11 is 6.17. The molecular weight excluding hydrogens is 352 g/mol. The molecule has 0 radical (unpaired) electrons. The van der Waals surface area contributed by atoms with E-state index in [1.54, 1.807) is 13.3 Å². The first-order chi connectivity index (χ1) is 12.8. The third-order valence-corrected chi connectivity index (χ3v) is 4.08. The van der Waals surface area contributed by atoms with Gasteiger partial charge in [0.15, 0.2) is 0 Å². The normalized spacial score (nSPS) is 10.7. The number of ether oxygens (including phenoxy) is 2. The van der Waals surface area contributed by atoms with E-state index in [0.29, 0.717) is 29.8 Å². The standard InChI is InChI=1S/C20H21ClN2O3/c1-24-19-8-6-15(13-17(19)21)18-9-7-16(26-18)14-22-10-4-12-25-20-5-2-3-11-23-20/h2-3,5-9,11,13,22H,4,10,12,14H2,1H3. The van der Waals surface area contributed by atoms with Gasteiger partial charge in [0.25, 0.3) is 0 Å². The molecule has 0 aliphatic heterocycles. The van der Waals surface area contributed by atoms with Crippen molar-refractivity contribution in [2.75, 3.05) is 20.3 Å². The minimum Gasteiger partial charge on any atom is -0.495 e. The van der Waals surface area contributed by atoms with E-state index in [0.717, 1.165) is 30.0 Å². The van der Waals surface area contributed by atoms with Crippen LogP contribution in [0.4, 0.5) is 0 Å². The molecule has 5 nitrogen and oxygen atoms in total. The number of furan rings is 1. The van der Waals surface area contributed by atoms with Gasteiger partial charge >= 0.3 is 0 Å². The molecule has 0 amide bonds. The van der Waals surface area contributed by atoms with E-state index in [2.05, 4.69) is 10.3 Å². The molecule has 3 rings (SSSR count). The van der Waals surface area contributed by atoms with Crippen LogP contribution in [0.25, 0.3) is 11.3 Å². The molecule has 136 valence electrons. The number of pyridine rings is 1. The van der Waals surface area contributed by atoms with Gasteiger partial charge in [-0.1, -0.05) is 17.7 Å². The lowest BCUT2D eigenvalue weighted by molar-refractivity contribution is 0.296. The molecule has 2 heterocycles. The van der Waals surface area contributed by atoms with Gasteiger partial charge in [-0.3, -0.25) is 0 Å². The van der Waals surface area contributed by atoms with Crippen molar-refractivity contribution >= 4 is 11.6 Å². The zero-order chi connectivity index (χ0) is 18.2. The molecule has 0 bridgehead atoms. The summed E-state index contributed by atoms with van der Waals surface area (Å²) in [5, 5.41) is 3.91. The Hall–Kier alpha value is -2.50. The molecule has 26 heavy (non-hydrogen) atoms. The molecule has 0 atom stereocenters. The number of halogens is 1. The molecular formula is C20H21ClN2O3. The Balaban J connectivity index is 1.42. The monoisotopic (exact) mass is 372 g/mol. The van der Waals surface area contributed by atoms with Crippen molar-refractivity contribution in [3.05, 3.63) is 65.5 Å². The Bertz CT molecular complexity index is 821. The smallest absolute Gasteiger partial charge is 0.213 e. The number of nitrogens with one attached hydrogen (secondary N) is 1. The van der Waals surface area contributed by atoms with Crippen LogP contribution in [0.5, 0.6) is 11.6 Å². The molecule has 3 aromatic rings. The fourth-order valence-electron chi connectivity index (χ4n) is 2.47. The molecule has 0 spiro atoms. The van der Waals surface area contributed by atoms with Gasteiger partial charge in [0, 0.05) is 17.8 Å². The van der Waals surface area contributed by atoms with Crippen molar-refractivity contribution < 1.29 is 13.9 Å². The van der Waals surface area contributed by atoms with E-state index in [9.17, 15) is 0 Å². The quantitative estimate of drug-likeness (QED) is 0.558. The van der Waals surface area contributed by atoms with E-state index in [1.165, 1.54) is 0 Å². The predicted molar refractivity (Wildman–Crippen MR) is 102 cm³/mol. The molecule has 6 heteroatoms. The number of aromatic nitrogens is 1. The molecule has 0 aliphatic rings. The largest absolute Gasteiger partial charge is 0.495 e. The van der Waals surface area contributed by atoms with Gasteiger partial charge in [-0.05, 0) is 49.4 Å². The molecule has 0 fully saturated rings. The maximum Gasteiger partial charge on any atom is 0.213 e. The Morgan fingerprint density at radius 3 is 2.85 bits per heavy atom. The minimum atomic E-state index is 0.564. The van der Waals surface area contributed by atoms with Crippen LogP contribution >= 0.6 is 11.6 Å². The fourth-order valence-corrected chi connectivity index (χ4v) is 2.72. The Morgan fingerprint density at radius 1 is 1.15 bits per heavy atom. The number of rotatable bonds is 9. The van der Waals surface area contributed by atoms with Crippen LogP contribution in [0.1, 0.15) is 12.2 Å². The number of hydrogen-bond donors (Lipinski definition) is 1. The van der Waals surface area contributed by atoms with Crippen molar-refractivity contribution in [3.8, 4) is 23.0 Å². The first-order valence-corrected chi connectivity index (χ1v) is 8.81. The predicted octanol–water partition coefficient (Wildman–Crippen LogP) is 4.56. The zero-order valence-electron chi connectivity index (χ0n) is 14.6. The van der Waals surface area contributed by atoms with Gasteiger partial charge in [0.2, 0.25) is 5.88 Å². The highest BCUT2D eigenvalue weighted by molar-refractivity contribution is 6.32. The van der Waals surface area contributed by atoms with Crippen LogP contribution in [-0.2, 0) is 6.54 Å². The third kappa shape index (κ3) is 5.00. The van der Waals surface area contributed by atoms with E-state index >= 15 is 0 Å². The van der Waals surface area contributed by atoms with Crippen LogP contribution < -0.4 is 14.8 Å². The van der Waals surface area contributed by atoms with Crippen molar-refractivity contribution in [1.29, 1.82) is 0 Å². The highest BCUT2D eigenvalue weighted by Gasteiger charge is 2.08. The van der Waals surface area contributed by atoms with Gasteiger partial charge in [-0.15, -0.1) is 0 Å². The lowest BCUT2D eigenvalue weighted by atomic mass is 10.2.